The number of hydrogen-bond acceptors (Lipinski definition) is 2. The predicted octanol–water partition coefficient (Wildman–Crippen LogP) is 3.95. The van der Waals surface area contributed by atoms with E-state index in [1.807, 2.05) is 28.8 Å². The van der Waals surface area contributed by atoms with Crippen LogP contribution in [0.5, 0.6) is 0 Å². The van der Waals surface area contributed by atoms with Crippen LogP contribution in [0.2, 0.25) is 0 Å². The number of nitrogens with one attached hydrogen (secondary N) is 1. The summed E-state index contributed by atoms with van der Waals surface area (Å²) in [7, 11) is 0. The van der Waals surface area contributed by atoms with Gasteiger partial charge in [-0.05, 0) is 36.8 Å². The summed E-state index contributed by atoms with van der Waals surface area (Å²) < 4.78 is 3.15. The van der Waals surface area contributed by atoms with Crippen LogP contribution in [0.3, 0.4) is 0 Å². The SMILES string of the molecule is C[C@@H](NCc1cn2ccccc2n1)c1ccc(Br)cc1. The summed E-state index contributed by atoms with van der Waals surface area (Å²) in [5.41, 5.74) is 3.32. The maximum Gasteiger partial charge on any atom is 0.137 e. The van der Waals surface area contributed by atoms with Gasteiger partial charge in [0, 0.05) is 29.5 Å². The predicted molar refractivity (Wildman–Crippen MR) is 84.6 cm³/mol. The maximum absolute atomic E-state index is 4.59. The Morgan fingerprint density at radius 3 is 2.75 bits per heavy atom. The van der Waals surface area contributed by atoms with Crippen LogP contribution in [0, 0.1) is 0 Å². The zero-order valence-electron chi connectivity index (χ0n) is 11.3. The Hall–Kier alpha value is -1.65. The van der Waals surface area contributed by atoms with Crippen molar-refractivity contribution in [2.75, 3.05) is 0 Å². The van der Waals surface area contributed by atoms with E-state index in [-0.39, 0.29) is 0 Å². The van der Waals surface area contributed by atoms with Crippen molar-refractivity contribution in [3.05, 3.63) is 70.6 Å². The maximum atomic E-state index is 4.59. The van der Waals surface area contributed by atoms with Crippen molar-refractivity contribution in [3.8, 4) is 0 Å². The molecule has 3 rings (SSSR count). The van der Waals surface area contributed by atoms with Gasteiger partial charge >= 0.3 is 0 Å². The van der Waals surface area contributed by atoms with Gasteiger partial charge < -0.3 is 9.72 Å². The van der Waals surface area contributed by atoms with Crippen molar-refractivity contribution < 1.29 is 0 Å². The smallest absolute Gasteiger partial charge is 0.137 e. The van der Waals surface area contributed by atoms with Crippen LogP contribution >= 0.6 is 15.9 Å². The average Bonchev–Trinajstić information content (AvgIpc) is 2.88. The van der Waals surface area contributed by atoms with E-state index >= 15 is 0 Å². The van der Waals surface area contributed by atoms with Crippen molar-refractivity contribution in [2.45, 2.75) is 19.5 Å². The number of aromatic nitrogens is 2. The Kier molecular flexibility index (Phi) is 3.85. The molecule has 3 aromatic rings. The molecule has 2 aromatic heterocycles. The van der Waals surface area contributed by atoms with Gasteiger partial charge in [-0.3, -0.25) is 0 Å². The normalized spacial score (nSPS) is 12.7. The van der Waals surface area contributed by atoms with Gasteiger partial charge in [-0.1, -0.05) is 34.1 Å². The number of halogens is 1. The lowest BCUT2D eigenvalue weighted by atomic mass is 10.1. The molecule has 0 aliphatic heterocycles. The Labute approximate surface area is 126 Å². The lowest BCUT2D eigenvalue weighted by molar-refractivity contribution is 0.569. The second kappa shape index (κ2) is 5.77. The van der Waals surface area contributed by atoms with Crippen molar-refractivity contribution >= 4 is 21.6 Å². The first kappa shape index (κ1) is 13.3. The van der Waals surface area contributed by atoms with E-state index in [4.69, 9.17) is 0 Å². The zero-order valence-corrected chi connectivity index (χ0v) is 12.8. The first-order valence-electron chi connectivity index (χ1n) is 6.64. The van der Waals surface area contributed by atoms with Gasteiger partial charge in [-0.15, -0.1) is 0 Å². The lowest BCUT2D eigenvalue weighted by Gasteiger charge is -2.13. The van der Waals surface area contributed by atoms with Crippen LogP contribution in [0.15, 0.2) is 59.3 Å². The minimum absolute atomic E-state index is 0.299. The van der Waals surface area contributed by atoms with Crippen molar-refractivity contribution in [1.29, 1.82) is 0 Å². The molecule has 0 bridgehead atoms. The van der Waals surface area contributed by atoms with E-state index < -0.39 is 0 Å². The van der Waals surface area contributed by atoms with Crippen molar-refractivity contribution in [2.24, 2.45) is 0 Å². The molecule has 0 aliphatic rings. The number of benzene rings is 1. The monoisotopic (exact) mass is 329 g/mol. The van der Waals surface area contributed by atoms with Gasteiger partial charge in [0.1, 0.15) is 5.65 Å². The van der Waals surface area contributed by atoms with Gasteiger partial charge in [-0.2, -0.15) is 0 Å². The van der Waals surface area contributed by atoms with Gasteiger partial charge in [0.2, 0.25) is 0 Å². The zero-order chi connectivity index (χ0) is 13.9. The Morgan fingerprint density at radius 2 is 2.00 bits per heavy atom. The molecule has 0 unspecified atom stereocenters. The summed E-state index contributed by atoms with van der Waals surface area (Å²) in [5.74, 6) is 0. The fourth-order valence-electron chi connectivity index (χ4n) is 2.20. The minimum Gasteiger partial charge on any atom is -0.307 e. The highest BCUT2D eigenvalue weighted by Gasteiger charge is 2.06. The highest BCUT2D eigenvalue weighted by Crippen LogP contribution is 2.17. The van der Waals surface area contributed by atoms with E-state index in [9.17, 15) is 0 Å². The number of nitrogens with zero attached hydrogens (tertiary/aromatic N) is 2. The van der Waals surface area contributed by atoms with Crippen molar-refractivity contribution in [3.63, 3.8) is 0 Å². The molecule has 0 amide bonds. The van der Waals surface area contributed by atoms with Crippen LogP contribution in [0.4, 0.5) is 0 Å². The van der Waals surface area contributed by atoms with Crippen LogP contribution in [0.25, 0.3) is 5.65 Å². The third-order valence-electron chi connectivity index (χ3n) is 3.37. The Morgan fingerprint density at radius 1 is 1.20 bits per heavy atom. The number of imidazole rings is 1. The molecule has 2 heterocycles. The van der Waals surface area contributed by atoms with Crippen LogP contribution < -0.4 is 5.32 Å². The summed E-state index contributed by atoms with van der Waals surface area (Å²) in [6.07, 6.45) is 4.08. The summed E-state index contributed by atoms with van der Waals surface area (Å²) in [6, 6.07) is 14.7. The molecular weight excluding hydrogens is 314 g/mol. The number of hydrogen-bond donors (Lipinski definition) is 1. The molecule has 0 saturated carbocycles. The Balaban J connectivity index is 1.68. The van der Waals surface area contributed by atoms with Crippen LogP contribution in [-0.2, 0) is 6.54 Å². The first-order valence-corrected chi connectivity index (χ1v) is 7.43. The highest BCUT2D eigenvalue weighted by molar-refractivity contribution is 9.10. The third-order valence-corrected chi connectivity index (χ3v) is 3.90. The van der Waals surface area contributed by atoms with E-state index in [1.54, 1.807) is 0 Å². The topological polar surface area (TPSA) is 29.3 Å². The number of pyridine rings is 1. The molecule has 3 nitrogen and oxygen atoms in total. The fourth-order valence-corrected chi connectivity index (χ4v) is 2.46. The molecule has 1 N–H and O–H groups in total. The molecule has 1 atom stereocenters. The second-order valence-corrected chi connectivity index (χ2v) is 5.77. The van der Waals surface area contributed by atoms with E-state index in [0.717, 1.165) is 22.4 Å². The fraction of sp³-hybridized carbons (Fsp3) is 0.188. The number of fused-ring (bicyclic) bond motifs is 1. The molecule has 0 radical (unpaired) electrons. The highest BCUT2D eigenvalue weighted by atomic mass is 79.9. The first-order chi connectivity index (χ1) is 9.72. The third kappa shape index (κ3) is 2.92. The number of rotatable bonds is 4. The Bertz CT molecular complexity index is 670. The molecule has 1 aromatic carbocycles. The largest absolute Gasteiger partial charge is 0.307 e. The lowest BCUT2D eigenvalue weighted by Crippen LogP contribution is -2.18. The van der Waals surface area contributed by atoms with Crippen LogP contribution in [-0.4, -0.2) is 9.38 Å². The summed E-state index contributed by atoms with van der Waals surface area (Å²) >= 11 is 3.46. The molecule has 0 fully saturated rings. The minimum atomic E-state index is 0.299. The van der Waals surface area contributed by atoms with Crippen LogP contribution in [0.1, 0.15) is 24.2 Å². The molecule has 20 heavy (non-hydrogen) atoms. The van der Waals surface area contributed by atoms with Gasteiger partial charge in [0.25, 0.3) is 0 Å². The molecule has 102 valence electrons. The summed E-state index contributed by atoms with van der Waals surface area (Å²) in [4.78, 5) is 4.59. The second-order valence-electron chi connectivity index (χ2n) is 4.85. The van der Waals surface area contributed by atoms with E-state index in [0.29, 0.717) is 6.04 Å². The van der Waals surface area contributed by atoms with Gasteiger partial charge in [0.15, 0.2) is 0 Å². The van der Waals surface area contributed by atoms with Gasteiger partial charge in [0.05, 0.1) is 5.69 Å². The van der Waals surface area contributed by atoms with Gasteiger partial charge in [-0.25, -0.2) is 4.98 Å². The van der Waals surface area contributed by atoms with E-state index in [2.05, 4.69) is 63.6 Å². The van der Waals surface area contributed by atoms with E-state index in [1.165, 1.54) is 5.56 Å². The average molecular weight is 330 g/mol. The molecular formula is C16H16BrN3. The molecule has 0 spiro atoms. The quantitative estimate of drug-likeness (QED) is 0.785. The summed E-state index contributed by atoms with van der Waals surface area (Å²) in [6.45, 7) is 2.93. The molecule has 4 heteroatoms. The molecule has 0 saturated heterocycles. The standard InChI is InChI=1S/C16H16BrN3/c1-12(13-5-7-14(17)8-6-13)18-10-15-11-20-9-3-2-4-16(20)19-15/h2-9,11-12,18H,10H2,1H3/t12-/m1/s1. The molecule has 0 aliphatic carbocycles. The van der Waals surface area contributed by atoms with Crippen molar-refractivity contribution in [1.82, 2.24) is 14.7 Å². The summed E-state index contributed by atoms with van der Waals surface area (Å²) in [5, 5.41) is 3.50.